The number of rotatable bonds is 4. The molecular formula is C12H19N3O2. The molecule has 94 valence electrons. The fourth-order valence-corrected chi connectivity index (χ4v) is 2.33. The molecule has 1 aliphatic carbocycles. The summed E-state index contributed by atoms with van der Waals surface area (Å²) in [6.07, 6.45) is 5.21. The Hall–Kier alpha value is -1.36. The van der Waals surface area contributed by atoms with Crippen LogP contribution in [-0.2, 0) is 4.74 Å². The smallest absolute Gasteiger partial charge is 0.221 e. The van der Waals surface area contributed by atoms with E-state index in [-0.39, 0.29) is 6.10 Å². The highest BCUT2D eigenvalue weighted by Crippen LogP contribution is 2.27. The first-order valence-electron chi connectivity index (χ1n) is 5.91. The first kappa shape index (κ1) is 12.1. The van der Waals surface area contributed by atoms with Crippen molar-refractivity contribution in [3.05, 3.63) is 11.9 Å². The molecule has 0 amide bonds. The molecule has 2 rings (SSSR count). The quantitative estimate of drug-likeness (QED) is 0.865. The molecule has 2 unspecified atom stereocenters. The van der Waals surface area contributed by atoms with Gasteiger partial charge in [-0.05, 0) is 26.2 Å². The second-order valence-electron chi connectivity index (χ2n) is 4.31. The van der Waals surface area contributed by atoms with Crippen LogP contribution in [0, 0.1) is 6.92 Å². The third-order valence-electron chi connectivity index (χ3n) is 3.31. The van der Waals surface area contributed by atoms with Crippen LogP contribution in [0.1, 0.15) is 24.8 Å². The standard InChI is InChI=1S/C12H19N3O2/c1-8-11(13-7-14-12(8)17-3)15-9-5-4-6-10(9)16-2/h7,9-10H,4-6H2,1-3H3,(H,13,14,15). The molecule has 2 atom stereocenters. The summed E-state index contributed by atoms with van der Waals surface area (Å²) in [5, 5.41) is 3.43. The molecule has 0 spiro atoms. The molecule has 1 N–H and O–H groups in total. The van der Waals surface area contributed by atoms with Crippen LogP contribution in [0.3, 0.4) is 0 Å². The minimum Gasteiger partial charge on any atom is -0.481 e. The van der Waals surface area contributed by atoms with Crippen molar-refractivity contribution in [2.75, 3.05) is 19.5 Å². The molecule has 0 saturated heterocycles. The number of aromatic nitrogens is 2. The first-order valence-corrected chi connectivity index (χ1v) is 5.91. The minimum absolute atomic E-state index is 0.273. The van der Waals surface area contributed by atoms with Gasteiger partial charge in [0.25, 0.3) is 0 Å². The molecule has 5 nitrogen and oxygen atoms in total. The lowest BCUT2D eigenvalue weighted by atomic mass is 10.2. The minimum atomic E-state index is 0.273. The Balaban J connectivity index is 2.13. The van der Waals surface area contributed by atoms with Gasteiger partial charge < -0.3 is 14.8 Å². The zero-order valence-electron chi connectivity index (χ0n) is 10.6. The van der Waals surface area contributed by atoms with Crippen LogP contribution in [0.15, 0.2) is 6.33 Å². The van der Waals surface area contributed by atoms with E-state index < -0.39 is 0 Å². The van der Waals surface area contributed by atoms with Crippen molar-refractivity contribution in [2.24, 2.45) is 0 Å². The second-order valence-corrected chi connectivity index (χ2v) is 4.31. The number of nitrogens with one attached hydrogen (secondary N) is 1. The molecule has 1 saturated carbocycles. The van der Waals surface area contributed by atoms with Crippen molar-refractivity contribution < 1.29 is 9.47 Å². The topological polar surface area (TPSA) is 56.3 Å². The fourth-order valence-electron chi connectivity index (χ4n) is 2.33. The molecule has 1 aromatic rings. The zero-order valence-corrected chi connectivity index (χ0v) is 10.6. The van der Waals surface area contributed by atoms with Crippen LogP contribution < -0.4 is 10.1 Å². The Labute approximate surface area is 102 Å². The highest BCUT2D eigenvalue weighted by Gasteiger charge is 2.27. The molecule has 1 heterocycles. The van der Waals surface area contributed by atoms with E-state index in [9.17, 15) is 0 Å². The molecule has 0 bridgehead atoms. The number of hydrogen-bond donors (Lipinski definition) is 1. The average molecular weight is 237 g/mol. The van der Waals surface area contributed by atoms with Gasteiger partial charge in [0.05, 0.1) is 24.8 Å². The maximum atomic E-state index is 5.46. The van der Waals surface area contributed by atoms with Gasteiger partial charge in [-0.1, -0.05) is 0 Å². The Morgan fingerprint density at radius 3 is 2.82 bits per heavy atom. The summed E-state index contributed by atoms with van der Waals surface area (Å²) in [4.78, 5) is 8.33. The SMILES string of the molecule is COc1ncnc(NC2CCCC2OC)c1C. The number of methoxy groups -OCH3 is 2. The van der Waals surface area contributed by atoms with Crippen molar-refractivity contribution in [3.8, 4) is 5.88 Å². The molecular weight excluding hydrogens is 218 g/mol. The summed E-state index contributed by atoms with van der Waals surface area (Å²) in [6.45, 7) is 1.96. The van der Waals surface area contributed by atoms with E-state index in [1.54, 1.807) is 14.2 Å². The van der Waals surface area contributed by atoms with Gasteiger partial charge in [0.15, 0.2) is 0 Å². The third-order valence-corrected chi connectivity index (χ3v) is 3.31. The summed E-state index contributed by atoms with van der Waals surface area (Å²) >= 11 is 0. The predicted octanol–water partition coefficient (Wildman–Crippen LogP) is 1.77. The number of anilines is 1. The lowest BCUT2D eigenvalue weighted by Gasteiger charge is -2.21. The third kappa shape index (κ3) is 2.49. The summed E-state index contributed by atoms with van der Waals surface area (Å²) in [5.41, 5.74) is 0.941. The van der Waals surface area contributed by atoms with E-state index in [4.69, 9.17) is 9.47 Å². The van der Waals surface area contributed by atoms with Crippen LogP contribution in [-0.4, -0.2) is 36.3 Å². The Kier molecular flexibility index (Phi) is 3.78. The highest BCUT2D eigenvalue weighted by atomic mass is 16.5. The Morgan fingerprint density at radius 2 is 2.12 bits per heavy atom. The normalized spacial score (nSPS) is 23.7. The van der Waals surface area contributed by atoms with Crippen molar-refractivity contribution in [3.63, 3.8) is 0 Å². The Bertz CT molecular complexity index is 384. The summed E-state index contributed by atoms with van der Waals surface area (Å²) < 4.78 is 10.6. The molecule has 0 aromatic carbocycles. The maximum Gasteiger partial charge on any atom is 0.221 e. The highest BCUT2D eigenvalue weighted by molar-refractivity contribution is 5.48. The van der Waals surface area contributed by atoms with Gasteiger partial charge in [-0.3, -0.25) is 0 Å². The van der Waals surface area contributed by atoms with Crippen molar-refractivity contribution in [1.29, 1.82) is 0 Å². The van der Waals surface area contributed by atoms with Crippen LogP contribution in [0.4, 0.5) is 5.82 Å². The van der Waals surface area contributed by atoms with Gasteiger partial charge in [0.1, 0.15) is 12.1 Å². The van der Waals surface area contributed by atoms with E-state index in [1.807, 2.05) is 6.92 Å². The molecule has 1 aromatic heterocycles. The molecule has 1 aliphatic rings. The van der Waals surface area contributed by atoms with Crippen molar-refractivity contribution >= 4 is 5.82 Å². The van der Waals surface area contributed by atoms with Gasteiger partial charge in [-0.15, -0.1) is 0 Å². The average Bonchev–Trinajstić information content (AvgIpc) is 2.79. The van der Waals surface area contributed by atoms with Crippen LogP contribution in [0.5, 0.6) is 5.88 Å². The molecule has 5 heteroatoms. The largest absolute Gasteiger partial charge is 0.481 e. The molecule has 0 aliphatic heterocycles. The summed E-state index contributed by atoms with van der Waals surface area (Å²) in [6, 6.07) is 0.332. The van der Waals surface area contributed by atoms with Gasteiger partial charge in [-0.2, -0.15) is 0 Å². The van der Waals surface area contributed by atoms with E-state index in [2.05, 4.69) is 15.3 Å². The number of hydrogen-bond acceptors (Lipinski definition) is 5. The lowest BCUT2D eigenvalue weighted by molar-refractivity contribution is 0.101. The lowest BCUT2D eigenvalue weighted by Crippen LogP contribution is -2.30. The summed E-state index contributed by atoms with van der Waals surface area (Å²) in [7, 11) is 3.38. The number of nitrogens with zero attached hydrogens (tertiary/aromatic N) is 2. The molecule has 0 radical (unpaired) electrons. The van der Waals surface area contributed by atoms with E-state index in [0.717, 1.165) is 24.2 Å². The monoisotopic (exact) mass is 237 g/mol. The first-order chi connectivity index (χ1) is 8.26. The van der Waals surface area contributed by atoms with Crippen LogP contribution in [0.2, 0.25) is 0 Å². The fraction of sp³-hybridized carbons (Fsp3) is 0.667. The summed E-state index contributed by atoms with van der Waals surface area (Å²) in [5.74, 6) is 1.46. The maximum absolute atomic E-state index is 5.46. The van der Waals surface area contributed by atoms with Crippen LogP contribution >= 0.6 is 0 Å². The molecule has 17 heavy (non-hydrogen) atoms. The van der Waals surface area contributed by atoms with E-state index in [1.165, 1.54) is 12.7 Å². The van der Waals surface area contributed by atoms with E-state index >= 15 is 0 Å². The second kappa shape index (κ2) is 5.31. The predicted molar refractivity (Wildman–Crippen MR) is 65.4 cm³/mol. The van der Waals surface area contributed by atoms with E-state index in [0.29, 0.717) is 11.9 Å². The van der Waals surface area contributed by atoms with Gasteiger partial charge in [0.2, 0.25) is 5.88 Å². The van der Waals surface area contributed by atoms with Crippen LogP contribution in [0.25, 0.3) is 0 Å². The number of ether oxygens (including phenoxy) is 2. The van der Waals surface area contributed by atoms with Gasteiger partial charge >= 0.3 is 0 Å². The molecule has 1 fully saturated rings. The van der Waals surface area contributed by atoms with Gasteiger partial charge in [0, 0.05) is 7.11 Å². The van der Waals surface area contributed by atoms with Gasteiger partial charge in [-0.25, -0.2) is 9.97 Å². The van der Waals surface area contributed by atoms with Crippen molar-refractivity contribution in [1.82, 2.24) is 9.97 Å². The Morgan fingerprint density at radius 1 is 1.29 bits per heavy atom. The zero-order chi connectivity index (χ0) is 12.3. The van der Waals surface area contributed by atoms with Crippen molar-refractivity contribution in [2.45, 2.75) is 38.3 Å².